The van der Waals surface area contributed by atoms with Crippen LogP contribution in [0.1, 0.15) is 20.3 Å². The number of carbonyl (C=O) groups is 1. The second-order valence-electron chi connectivity index (χ2n) is 7.10. The van der Waals surface area contributed by atoms with Crippen molar-refractivity contribution in [3.05, 3.63) is 54.6 Å². The number of nitrogens with zero attached hydrogens (tertiary/aromatic N) is 1. The highest BCUT2D eigenvalue weighted by atomic mass is 16.5. The molecule has 3 rings (SSSR count). The van der Waals surface area contributed by atoms with Gasteiger partial charge in [-0.25, -0.2) is 0 Å². The van der Waals surface area contributed by atoms with Crippen molar-refractivity contribution >= 4 is 11.6 Å². The maximum Gasteiger partial charge on any atom is 0.238 e. The van der Waals surface area contributed by atoms with Gasteiger partial charge in [0.15, 0.2) is 5.75 Å². The number of rotatable bonds is 5. The van der Waals surface area contributed by atoms with E-state index >= 15 is 0 Å². The summed E-state index contributed by atoms with van der Waals surface area (Å²) < 4.78 is 5.91. The van der Waals surface area contributed by atoms with Crippen LogP contribution in [0, 0.1) is 11.8 Å². The summed E-state index contributed by atoms with van der Waals surface area (Å²) in [6.07, 6.45) is 1.24. The Bertz CT molecular complexity index is 692. The molecule has 1 fully saturated rings. The minimum atomic E-state index is 0.00501. The number of nitrogens with one attached hydrogen (secondary N) is 1. The fourth-order valence-corrected chi connectivity index (χ4v) is 3.59. The van der Waals surface area contributed by atoms with Gasteiger partial charge in [-0.2, -0.15) is 0 Å². The van der Waals surface area contributed by atoms with Crippen molar-refractivity contribution in [3.63, 3.8) is 0 Å². The molecule has 0 aromatic heterocycles. The Morgan fingerprint density at radius 3 is 2.40 bits per heavy atom. The van der Waals surface area contributed by atoms with Crippen molar-refractivity contribution in [1.82, 2.24) is 4.90 Å². The third-order valence-corrected chi connectivity index (χ3v) is 4.44. The number of ether oxygens (including phenoxy) is 1. The van der Waals surface area contributed by atoms with Crippen LogP contribution in [0.3, 0.4) is 0 Å². The zero-order valence-corrected chi connectivity index (χ0v) is 14.9. The maximum atomic E-state index is 12.5. The van der Waals surface area contributed by atoms with Gasteiger partial charge in [0.1, 0.15) is 5.75 Å². The van der Waals surface area contributed by atoms with Gasteiger partial charge in [-0.15, -0.1) is 0 Å². The lowest BCUT2D eigenvalue weighted by atomic mass is 9.92. The van der Waals surface area contributed by atoms with Crippen LogP contribution in [0.2, 0.25) is 0 Å². The summed E-state index contributed by atoms with van der Waals surface area (Å²) in [4.78, 5) is 14.7. The molecule has 132 valence electrons. The molecule has 1 aliphatic heterocycles. The van der Waals surface area contributed by atoms with Crippen LogP contribution < -0.4 is 10.1 Å². The topological polar surface area (TPSA) is 41.6 Å². The molecule has 1 aliphatic rings. The van der Waals surface area contributed by atoms with Crippen molar-refractivity contribution in [3.8, 4) is 11.5 Å². The molecule has 1 N–H and O–H groups in total. The Labute approximate surface area is 149 Å². The zero-order chi connectivity index (χ0) is 17.6. The summed E-state index contributed by atoms with van der Waals surface area (Å²) in [5, 5.41) is 3.00. The van der Waals surface area contributed by atoms with Crippen molar-refractivity contribution in [1.29, 1.82) is 0 Å². The van der Waals surface area contributed by atoms with E-state index in [9.17, 15) is 4.79 Å². The summed E-state index contributed by atoms with van der Waals surface area (Å²) in [5.41, 5.74) is 0.703. The normalized spacial score (nSPS) is 20.9. The van der Waals surface area contributed by atoms with Gasteiger partial charge in [0.25, 0.3) is 0 Å². The second-order valence-corrected chi connectivity index (χ2v) is 7.10. The van der Waals surface area contributed by atoms with Crippen LogP contribution in [0.4, 0.5) is 5.69 Å². The molecule has 0 bridgehead atoms. The maximum absolute atomic E-state index is 12.5. The molecule has 25 heavy (non-hydrogen) atoms. The Morgan fingerprint density at radius 1 is 1.04 bits per heavy atom. The molecular formula is C21H26N2O2. The predicted molar refractivity (Wildman–Crippen MR) is 101 cm³/mol. The van der Waals surface area contributed by atoms with E-state index in [1.165, 1.54) is 6.42 Å². The number of amides is 1. The van der Waals surface area contributed by atoms with Crippen molar-refractivity contribution in [2.75, 3.05) is 25.0 Å². The number of hydrogen-bond acceptors (Lipinski definition) is 3. The molecule has 2 aromatic carbocycles. The standard InChI is InChI=1S/C21H26N2O2/c1-16-12-17(2)14-23(13-16)15-21(24)22-19-10-6-7-11-20(19)25-18-8-4-3-5-9-18/h3-11,16-17H,12-15H2,1-2H3,(H,22,24)/t16-,17-/m1/s1. The molecule has 0 unspecified atom stereocenters. The van der Waals surface area contributed by atoms with E-state index in [0.29, 0.717) is 29.8 Å². The Balaban J connectivity index is 1.63. The average Bonchev–Trinajstić information content (AvgIpc) is 2.56. The highest BCUT2D eigenvalue weighted by Gasteiger charge is 2.23. The van der Waals surface area contributed by atoms with Gasteiger partial charge in [0.2, 0.25) is 5.91 Å². The number of carbonyl (C=O) groups excluding carboxylic acids is 1. The van der Waals surface area contributed by atoms with Crippen LogP contribution in [-0.4, -0.2) is 30.4 Å². The van der Waals surface area contributed by atoms with Crippen molar-refractivity contribution in [2.45, 2.75) is 20.3 Å². The van der Waals surface area contributed by atoms with Crippen LogP contribution >= 0.6 is 0 Å². The third-order valence-electron chi connectivity index (χ3n) is 4.44. The van der Waals surface area contributed by atoms with Crippen molar-refractivity contribution in [2.24, 2.45) is 11.8 Å². The van der Waals surface area contributed by atoms with Crippen LogP contribution in [0.15, 0.2) is 54.6 Å². The molecule has 0 radical (unpaired) electrons. The van der Waals surface area contributed by atoms with Gasteiger partial charge in [0, 0.05) is 13.1 Å². The van der Waals surface area contributed by atoms with E-state index in [1.54, 1.807) is 0 Å². The quantitative estimate of drug-likeness (QED) is 0.879. The Morgan fingerprint density at radius 2 is 1.68 bits per heavy atom. The first-order chi connectivity index (χ1) is 12.1. The Hall–Kier alpha value is -2.33. The van der Waals surface area contributed by atoms with E-state index in [0.717, 1.165) is 18.8 Å². The van der Waals surface area contributed by atoms with Gasteiger partial charge in [-0.3, -0.25) is 9.69 Å². The summed E-state index contributed by atoms with van der Waals surface area (Å²) >= 11 is 0. The molecule has 0 saturated carbocycles. The number of likely N-dealkylation sites (tertiary alicyclic amines) is 1. The lowest BCUT2D eigenvalue weighted by Crippen LogP contribution is -2.42. The fourth-order valence-electron chi connectivity index (χ4n) is 3.59. The highest BCUT2D eigenvalue weighted by Crippen LogP contribution is 2.29. The molecule has 1 amide bonds. The fraction of sp³-hybridized carbons (Fsp3) is 0.381. The van der Waals surface area contributed by atoms with Gasteiger partial charge in [0.05, 0.1) is 12.2 Å². The Kier molecular flexibility index (Phi) is 5.71. The summed E-state index contributed by atoms with van der Waals surface area (Å²) in [6.45, 7) is 6.90. The molecule has 1 heterocycles. The zero-order valence-electron chi connectivity index (χ0n) is 14.9. The SMILES string of the molecule is C[C@@H]1C[C@@H](C)CN(CC(=O)Nc2ccccc2Oc2ccccc2)C1. The first kappa shape index (κ1) is 17.5. The molecule has 0 spiro atoms. The van der Waals surface area contributed by atoms with Gasteiger partial charge in [-0.1, -0.05) is 44.2 Å². The largest absolute Gasteiger partial charge is 0.455 e. The van der Waals surface area contributed by atoms with Gasteiger partial charge in [-0.05, 0) is 42.5 Å². The number of benzene rings is 2. The van der Waals surface area contributed by atoms with Crippen LogP contribution in [0.5, 0.6) is 11.5 Å². The monoisotopic (exact) mass is 338 g/mol. The summed E-state index contributed by atoms with van der Waals surface area (Å²) in [5.74, 6) is 2.70. The lowest BCUT2D eigenvalue weighted by molar-refractivity contribution is -0.117. The number of hydrogen-bond donors (Lipinski definition) is 1. The third kappa shape index (κ3) is 5.07. The van der Waals surface area contributed by atoms with Crippen molar-refractivity contribution < 1.29 is 9.53 Å². The average molecular weight is 338 g/mol. The molecule has 4 nitrogen and oxygen atoms in total. The van der Waals surface area contributed by atoms with E-state index < -0.39 is 0 Å². The smallest absolute Gasteiger partial charge is 0.238 e. The first-order valence-corrected chi connectivity index (χ1v) is 8.94. The summed E-state index contributed by atoms with van der Waals surface area (Å²) in [7, 11) is 0. The highest BCUT2D eigenvalue weighted by molar-refractivity contribution is 5.93. The number of piperidine rings is 1. The van der Waals surface area contributed by atoms with Crippen LogP contribution in [-0.2, 0) is 4.79 Å². The molecule has 0 aliphatic carbocycles. The van der Waals surface area contributed by atoms with E-state index in [4.69, 9.17) is 4.74 Å². The molecule has 2 aromatic rings. The van der Waals surface area contributed by atoms with Gasteiger partial charge >= 0.3 is 0 Å². The molecule has 4 heteroatoms. The number of para-hydroxylation sites is 3. The van der Waals surface area contributed by atoms with Crippen LogP contribution in [0.25, 0.3) is 0 Å². The minimum absolute atomic E-state index is 0.00501. The van der Waals surface area contributed by atoms with Gasteiger partial charge < -0.3 is 10.1 Å². The molecular weight excluding hydrogens is 312 g/mol. The number of anilines is 1. The minimum Gasteiger partial charge on any atom is -0.455 e. The van der Waals surface area contributed by atoms with E-state index in [1.807, 2.05) is 54.6 Å². The molecule has 2 atom stereocenters. The first-order valence-electron chi connectivity index (χ1n) is 8.94. The lowest BCUT2D eigenvalue weighted by Gasteiger charge is -2.34. The molecule has 1 saturated heterocycles. The summed E-state index contributed by atoms with van der Waals surface area (Å²) in [6, 6.07) is 17.1. The predicted octanol–water partition coefficient (Wildman–Crippen LogP) is 4.40. The van der Waals surface area contributed by atoms with E-state index in [2.05, 4.69) is 24.1 Å². The van der Waals surface area contributed by atoms with E-state index in [-0.39, 0.29) is 5.91 Å². The second kappa shape index (κ2) is 8.17.